The number of rotatable bonds is 8. The Labute approximate surface area is 126 Å². The first-order chi connectivity index (χ1) is 9.61. The molecule has 0 heterocycles. The van der Waals surface area contributed by atoms with Crippen LogP contribution in [0.5, 0.6) is 5.75 Å². The lowest BCUT2D eigenvalue weighted by atomic mass is 10.3. The van der Waals surface area contributed by atoms with Gasteiger partial charge in [-0.1, -0.05) is 29.3 Å². The number of carbonyl (C=O) groups is 2. The second kappa shape index (κ2) is 9.50. The van der Waals surface area contributed by atoms with Crippen LogP contribution in [0.4, 0.5) is 0 Å². The first kappa shape index (κ1) is 16.7. The summed E-state index contributed by atoms with van der Waals surface area (Å²) in [5, 5.41) is 0. The summed E-state index contributed by atoms with van der Waals surface area (Å²) in [6, 6.07) is 6.82. The molecule has 1 rings (SSSR count). The van der Waals surface area contributed by atoms with E-state index in [9.17, 15) is 9.59 Å². The van der Waals surface area contributed by atoms with E-state index in [-0.39, 0.29) is 13.2 Å². The molecule has 20 heavy (non-hydrogen) atoms. The zero-order chi connectivity index (χ0) is 14.8. The highest BCUT2D eigenvalue weighted by Gasteiger charge is 2.08. The monoisotopic (exact) mass is 344 g/mol. The van der Waals surface area contributed by atoms with Crippen LogP contribution in [0, 0.1) is 0 Å². The molecule has 0 amide bonds. The maximum atomic E-state index is 11.4. The van der Waals surface area contributed by atoms with Crippen LogP contribution in [0.25, 0.3) is 0 Å². The van der Waals surface area contributed by atoms with Crippen molar-refractivity contribution in [1.29, 1.82) is 0 Å². The minimum Gasteiger partial charge on any atom is -0.464 e. The van der Waals surface area contributed by atoms with Crippen LogP contribution in [-0.4, -0.2) is 31.8 Å². The Morgan fingerprint density at radius 1 is 1.10 bits per heavy atom. The maximum Gasteiger partial charge on any atom is 0.337 e. The third-order valence-electron chi connectivity index (χ3n) is 2.25. The van der Waals surface area contributed by atoms with Crippen molar-refractivity contribution in [2.24, 2.45) is 0 Å². The van der Waals surface area contributed by atoms with Gasteiger partial charge in [0, 0.05) is 4.47 Å². The first-order valence-corrected chi connectivity index (χ1v) is 7.10. The molecule has 0 aliphatic rings. The zero-order valence-corrected chi connectivity index (χ0v) is 12.9. The van der Waals surface area contributed by atoms with Gasteiger partial charge in [0.1, 0.15) is 19.0 Å². The second-order valence-electron chi connectivity index (χ2n) is 3.99. The number of unbranched alkanes of at least 4 members (excludes halogenated alkanes) is 1. The smallest absolute Gasteiger partial charge is 0.337 e. The van der Waals surface area contributed by atoms with E-state index >= 15 is 0 Å². The molecule has 0 radical (unpaired) electrons. The molecule has 0 N–H and O–H groups in total. The van der Waals surface area contributed by atoms with Crippen LogP contribution in [0.1, 0.15) is 19.8 Å². The summed E-state index contributed by atoms with van der Waals surface area (Å²) in [4.78, 5) is 22.6. The lowest BCUT2D eigenvalue weighted by molar-refractivity contribution is -0.152. The maximum absolute atomic E-state index is 11.4. The van der Waals surface area contributed by atoms with Gasteiger partial charge in [0.05, 0.1) is 6.61 Å². The Bertz CT molecular complexity index is 430. The fraction of sp³-hybridized carbons (Fsp3) is 0.429. The highest BCUT2D eigenvalue weighted by atomic mass is 79.9. The quantitative estimate of drug-likeness (QED) is 0.412. The molecule has 110 valence electrons. The van der Waals surface area contributed by atoms with Gasteiger partial charge >= 0.3 is 11.9 Å². The van der Waals surface area contributed by atoms with Crippen molar-refractivity contribution in [3.63, 3.8) is 0 Å². The third kappa shape index (κ3) is 7.25. The number of halogens is 1. The van der Waals surface area contributed by atoms with Crippen molar-refractivity contribution in [2.75, 3.05) is 19.8 Å². The molecule has 0 aliphatic carbocycles. The molecular formula is C14H17BrO5. The number of esters is 2. The summed E-state index contributed by atoms with van der Waals surface area (Å²) in [6.07, 6.45) is 1.77. The number of hydrogen-bond acceptors (Lipinski definition) is 5. The average Bonchev–Trinajstić information content (AvgIpc) is 2.42. The Kier molecular flexibility index (Phi) is 7.91. The number of ether oxygens (including phenoxy) is 3. The minimum atomic E-state index is -0.561. The Morgan fingerprint density at radius 3 is 2.40 bits per heavy atom. The van der Waals surface area contributed by atoms with Crippen LogP contribution in [0.15, 0.2) is 28.7 Å². The van der Waals surface area contributed by atoms with Gasteiger partial charge in [0.25, 0.3) is 0 Å². The van der Waals surface area contributed by atoms with Gasteiger partial charge in [-0.25, -0.2) is 9.59 Å². The highest BCUT2D eigenvalue weighted by Crippen LogP contribution is 2.16. The Morgan fingerprint density at radius 2 is 1.75 bits per heavy atom. The lowest BCUT2D eigenvalue weighted by Crippen LogP contribution is -2.20. The average molecular weight is 345 g/mol. The summed E-state index contributed by atoms with van der Waals surface area (Å²) < 4.78 is 15.7. The molecule has 0 saturated carbocycles. The van der Waals surface area contributed by atoms with Crippen molar-refractivity contribution < 1.29 is 23.8 Å². The van der Waals surface area contributed by atoms with Gasteiger partial charge in [-0.05, 0) is 30.7 Å². The van der Waals surface area contributed by atoms with E-state index in [0.717, 1.165) is 17.3 Å². The van der Waals surface area contributed by atoms with E-state index in [1.165, 1.54) is 0 Å². The predicted molar refractivity (Wildman–Crippen MR) is 76.5 cm³/mol. The molecule has 0 spiro atoms. The van der Waals surface area contributed by atoms with Crippen molar-refractivity contribution in [3.05, 3.63) is 28.7 Å². The second-order valence-corrected chi connectivity index (χ2v) is 4.91. The summed E-state index contributed by atoms with van der Waals surface area (Å²) in [7, 11) is 0. The van der Waals surface area contributed by atoms with Gasteiger partial charge in [0.2, 0.25) is 0 Å². The van der Waals surface area contributed by atoms with Crippen LogP contribution < -0.4 is 4.74 Å². The topological polar surface area (TPSA) is 61.8 Å². The van der Waals surface area contributed by atoms with E-state index in [1.54, 1.807) is 24.3 Å². The molecule has 0 saturated heterocycles. The standard InChI is InChI=1S/C14H17BrO5/c1-2-3-8-19-13(16)9-18-10-14(17)20-12-6-4-11(15)5-7-12/h4-7H,2-3,8-10H2,1H3. The molecule has 0 fully saturated rings. The summed E-state index contributed by atoms with van der Waals surface area (Å²) >= 11 is 3.28. The van der Waals surface area contributed by atoms with Crippen LogP contribution in [0.3, 0.4) is 0 Å². The molecule has 1 aromatic carbocycles. The predicted octanol–water partition coefficient (Wildman–Crippen LogP) is 2.71. The summed E-state index contributed by atoms with van der Waals surface area (Å²) in [5.74, 6) is -0.615. The number of carbonyl (C=O) groups excluding carboxylic acids is 2. The van der Waals surface area contributed by atoms with E-state index < -0.39 is 11.9 Å². The molecule has 6 heteroatoms. The SMILES string of the molecule is CCCCOC(=O)COCC(=O)Oc1ccc(Br)cc1. The number of hydrogen-bond donors (Lipinski definition) is 0. The Hall–Kier alpha value is -1.40. The van der Waals surface area contributed by atoms with Gasteiger partial charge in [-0.3, -0.25) is 0 Å². The van der Waals surface area contributed by atoms with E-state index in [2.05, 4.69) is 15.9 Å². The molecule has 1 aromatic rings. The van der Waals surface area contributed by atoms with Crippen molar-refractivity contribution in [2.45, 2.75) is 19.8 Å². The summed E-state index contributed by atoms with van der Waals surface area (Å²) in [6.45, 7) is 1.84. The molecule has 0 unspecified atom stereocenters. The molecule has 0 bridgehead atoms. The van der Waals surface area contributed by atoms with Gasteiger partial charge < -0.3 is 14.2 Å². The normalized spacial score (nSPS) is 10.1. The van der Waals surface area contributed by atoms with E-state index in [1.807, 2.05) is 6.92 Å². The third-order valence-corrected chi connectivity index (χ3v) is 2.77. The van der Waals surface area contributed by atoms with Crippen LogP contribution in [0.2, 0.25) is 0 Å². The first-order valence-electron chi connectivity index (χ1n) is 6.31. The van der Waals surface area contributed by atoms with Gasteiger partial charge in [0.15, 0.2) is 0 Å². The van der Waals surface area contributed by atoms with E-state index in [0.29, 0.717) is 12.4 Å². The molecule has 5 nitrogen and oxygen atoms in total. The molecule has 0 atom stereocenters. The molecule has 0 aliphatic heterocycles. The van der Waals surface area contributed by atoms with Crippen LogP contribution in [-0.2, 0) is 19.1 Å². The number of benzene rings is 1. The lowest BCUT2D eigenvalue weighted by Gasteiger charge is -2.06. The fourth-order valence-corrected chi connectivity index (χ4v) is 1.52. The van der Waals surface area contributed by atoms with Gasteiger partial charge in [-0.15, -0.1) is 0 Å². The molecule has 0 aromatic heterocycles. The van der Waals surface area contributed by atoms with E-state index in [4.69, 9.17) is 14.2 Å². The minimum absolute atomic E-state index is 0.251. The van der Waals surface area contributed by atoms with Crippen molar-refractivity contribution >= 4 is 27.9 Å². The van der Waals surface area contributed by atoms with Crippen molar-refractivity contribution in [3.8, 4) is 5.75 Å². The van der Waals surface area contributed by atoms with Gasteiger partial charge in [-0.2, -0.15) is 0 Å². The highest BCUT2D eigenvalue weighted by molar-refractivity contribution is 9.10. The summed E-state index contributed by atoms with van der Waals surface area (Å²) in [5.41, 5.74) is 0. The van der Waals surface area contributed by atoms with Crippen molar-refractivity contribution in [1.82, 2.24) is 0 Å². The molecular weight excluding hydrogens is 328 g/mol. The van der Waals surface area contributed by atoms with Crippen LogP contribution >= 0.6 is 15.9 Å². The zero-order valence-electron chi connectivity index (χ0n) is 11.3. The fourth-order valence-electron chi connectivity index (χ4n) is 1.25. The largest absolute Gasteiger partial charge is 0.464 e. The Balaban J connectivity index is 2.17.